The van der Waals surface area contributed by atoms with Gasteiger partial charge in [-0.3, -0.25) is 24.1 Å². The van der Waals surface area contributed by atoms with Gasteiger partial charge in [-0.1, -0.05) is 31.0 Å². The second-order valence-electron chi connectivity index (χ2n) is 6.99. The van der Waals surface area contributed by atoms with Gasteiger partial charge in [-0.2, -0.15) is 0 Å². The minimum absolute atomic E-state index is 0.0669. The van der Waals surface area contributed by atoms with E-state index in [-0.39, 0.29) is 12.3 Å². The van der Waals surface area contributed by atoms with Gasteiger partial charge in [0.1, 0.15) is 6.54 Å². The molecule has 7 heteroatoms. The fraction of sp³-hybridized carbons (Fsp3) is 0.500. The molecule has 1 aromatic carbocycles. The van der Waals surface area contributed by atoms with Gasteiger partial charge in [0.15, 0.2) is 6.10 Å². The van der Waals surface area contributed by atoms with Crippen LogP contribution in [0.25, 0.3) is 0 Å². The summed E-state index contributed by atoms with van der Waals surface area (Å²) in [6.45, 7) is 2.38. The summed E-state index contributed by atoms with van der Waals surface area (Å²) in [6, 6.07) is 6.83. The zero-order valence-corrected chi connectivity index (χ0v) is 15.5. The Balaban J connectivity index is 1.59. The fourth-order valence-electron chi connectivity index (χ4n) is 3.52. The maximum Gasteiger partial charge on any atom is 0.326 e. The molecule has 0 radical (unpaired) electrons. The molecule has 3 rings (SSSR count). The zero-order valence-electron chi connectivity index (χ0n) is 15.5. The van der Waals surface area contributed by atoms with Crippen LogP contribution < -0.4 is 0 Å². The second kappa shape index (κ2) is 8.33. The first-order valence-electron chi connectivity index (χ1n) is 9.38. The summed E-state index contributed by atoms with van der Waals surface area (Å²) in [5.74, 6) is -1.94. The van der Waals surface area contributed by atoms with Crippen LogP contribution in [-0.4, -0.2) is 59.2 Å². The van der Waals surface area contributed by atoms with Gasteiger partial charge in [-0.15, -0.1) is 0 Å². The lowest BCUT2D eigenvalue weighted by atomic mass is 9.98. The highest BCUT2D eigenvalue weighted by atomic mass is 16.5. The topological polar surface area (TPSA) is 84.0 Å². The monoisotopic (exact) mass is 372 g/mol. The Labute approximate surface area is 158 Å². The Bertz CT molecular complexity index is 752. The molecule has 0 aromatic heterocycles. The summed E-state index contributed by atoms with van der Waals surface area (Å²) in [5, 5.41) is 0. The van der Waals surface area contributed by atoms with Crippen LogP contribution in [0.2, 0.25) is 0 Å². The molecule has 2 aliphatic rings. The molecule has 1 aromatic rings. The van der Waals surface area contributed by atoms with Gasteiger partial charge >= 0.3 is 5.97 Å². The predicted molar refractivity (Wildman–Crippen MR) is 96.8 cm³/mol. The van der Waals surface area contributed by atoms with E-state index in [1.165, 1.54) is 6.92 Å². The van der Waals surface area contributed by atoms with E-state index in [4.69, 9.17) is 4.74 Å². The standard InChI is InChI=1S/C20H24N2O5/c1-14(19(25)21-10-6-2-3-7-11-21)27-18(24)13-22-17(23)12-15-8-4-5-9-16(15)20(22)26/h4-5,8-9,14H,2-3,6-7,10-13H2,1H3/t14-/m1/s1. The molecule has 0 N–H and O–H groups in total. The largest absolute Gasteiger partial charge is 0.451 e. The van der Waals surface area contributed by atoms with Crippen molar-refractivity contribution in [3.8, 4) is 0 Å². The summed E-state index contributed by atoms with van der Waals surface area (Å²) >= 11 is 0. The summed E-state index contributed by atoms with van der Waals surface area (Å²) in [4.78, 5) is 52.1. The Kier molecular flexibility index (Phi) is 5.88. The zero-order chi connectivity index (χ0) is 19.4. The van der Waals surface area contributed by atoms with Crippen molar-refractivity contribution in [1.29, 1.82) is 0 Å². The van der Waals surface area contributed by atoms with Crippen molar-refractivity contribution in [2.45, 2.75) is 45.1 Å². The molecule has 0 bridgehead atoms. The summed E-state index contributed by atoms with van der Waals surface area (Å²) < 4.78 is 5.22. The van der Waals surface area contributed by atoms with Gasteiger partial charge in [0.25, 0.3) is 11.8 Å². The third-order valence-electron chi connectivity index (χ3n) is 5.00. The number of amides is 3. The summed E-state index contributed by atoms with van der Waals surface area (Å²) in [5.41, 5.74) is 1.07. The minimum atomic E-state index is -0.933. The van der Waals surface area contributed by atoms with Crippen LogP contribution in [0.3, 0.4) is 0 Å². The number of benzene rings is 1. The van der Waals surface area contributed by atoms with Gasteiger partial charge in [-0.25, -0.2) is 0 Å². The Morgan fingerprint density at radius 3 is 2.44 bits per heavy atom. The predicted octanol–water partition coefficient (Wildman–Crippen LogP) is 1.55. The van der Waals surface area contributed by atoms with E-state index in [1.54, 1.807) is 29.2 Å². The number of imide groups is 1. The average molecular weight is 372 g/mol. The number of ether oxygens (including phenoxy) is 1. The van der Waals surface area contributed by atoms with Gasteiger partial charge in [0, 0.05) is 18.7 Å². The first kappa shape index (κ1) is 19.1. The highest BCUT2D eigenvalue weighted by Crippen LogP contribution is 2.19. The fourth-order valence-corrected chi connectivity index (χ4v) is 3.52. The molecular weight excluding hydrogens is 348 g/mol. The van der Waals surface area contributed by atoms with E-state index in [1.807, 2.05) is 0 Å². The van der Waals surface area contributed by atoms with Gasteiger partial charge in [0.05, 0.1) is 6.42 Å². The number of rotatable bonds is 4. The van der Waals surface area contributed by atoms with E-state index < -0.39 is 30.4 Å². The molecule has 1 saturated heterocycles. The van der Waals surface area contributed by atoms with Crippen molar-refractivity contribution in [3.63, 3.8) is 0 Å². The van der Waals surface area contributed by atoms with Gasteiger partial charge < -0.3 is 9.64 Å². The molecule has 27 heavy (non-hydrogen) atoms. The summed E-state index contributed by atoms with van der Waals surface area (Å²) in [7, 11) is 0. The molecule has 2 heterocycles. The average Bonchev–Trinajstić information content (AvgIpc) is 2.94. The molecule has 0 saturated carbocycles. The number of hydrogen-bond donors (Lipinski definition) is 0. The van der Waals surface area contributed by atoms with Gasteiger partial charge in [0.2, 0.25) is 5.91 Å². The van der Waals surface area contributed by atoms with Crippen LogP contribution in [-0.2, 0) is 25.5 Å². The number of hydrogen-bond acceptors (Lipinski definition) is 5. The van der Waals surface area contributed by atoms with E-state index in [0.717, 1.165) is 30.6 Å². The van der Waals surface area contributed by atoms with E-state index in [0.29, 0.717) is 24.2 Å². The van der Waals surface area contributed by atoms with Crippen LogP contribution in [0.4, 0.5) is 0 Å². The van der Waals surface area contributed by atoms with Crippen molar-refractivity contribution in [2.75, 3.05) is 19.6 Å². The highest BCUT2D eigenvalue weighted by Gasteiger charge is 2.33. The molecule has 2 aliphatic heterocycles. The molecule has 0 unspecified atom stereocenters. The molecule has 144 valence electrons. The SMILES string of the molecule is C[C@@H](OC(=O)CN1C(=O)Cc2ccccc2C1=O)C(=O)N1CCCCCC1. The maximum absolute atomic E-state index is 12.5. The minimum Gasteiger partial charge on any atom is -0.451 e. The van der Waals surface area contributed by atoms with Crippen LogP contribution >= 0.6 is 0 Å². The molecule has 0 spiro atoms. The van der Waals surface area contributed by atoms with Crippen LogP contribution in [0.5, 0.6) is 0 Å². The molecule has 7 nitrogen and oxygen atoms in total. The second-order valence-corrected chi connectivity index (χ2v) is 6.99. The lowest BCUT2D eigenvalue weighted by molar-refractivity contribution is -0.160. The number of esters is 1. The summed E-state index contributed by atoms with van der Waals surface area (Å²) in [6.07, 6.45) is 3.22. The molecule has 1 atom stereocenters. The molecule has 0 aliphatic carbocycles. The number of carbonyl (C=O) groups excluding carboxylic acids is 4. The van der Waals surface area contributed by atoms with Crippen LogP contribution in [0.15, 0.2) is 24.3 Å². The van der Waals surface area contributed by atoms with Crippen molar-refractivity contribution < 1.29 is 23.9 Å². The lowest BCUT2D eigenvalue weighted by Gasteiger charge is -2.27. The van der Waals surface area contributed by atoms with Crippen LogP contribution in [0, 0.1) is 0 Å². The first-order chi connectivity index (χ1) is 13.0. The van der Waals surface area contributed by atoms with Crippen molar-refractivity contribution in [3.05, 3.63) is 35.4 Å². The lowest BCUT2D eigenvalue weighted by Crippen LogP contribution is -2.47. The smallest absolute Gasteiger partial charge is 0.326 e. The highest BCUT2D eigenvalue weighted by molar-refractivity contribution is 6.11. The van der Waals surface area contributed by atoms with Crippen molar-refractivity contribution in [1.82, 2.24) is 9.80 Å². The van der Waals surface area contributed by atoms with E-state index in [2.05, 4.69) is 0 Å². The van der Waals surface area contributed by atoms with Crippen molar-refractivity contribution >= 4 is 23.7 Å². The maximum atomic E-state index is 12.5. The molecule has 3 amide bonds. The van der Waals surface area contributed by atoms with E-state index >= 15 is 0 Å². The third-order valence-corrected chi connectivity index (χ3v) is 5.00. The third kappa shape index (κ3) is 4.35. The number of likely N-dealkylation sites (tertiary alicyclic amines) is 1. The molecule has 1 fully saturated rings. The first-order valence-corrected chi connectivity index (χ1v) is 9.38. The van der Waals surface area contributed by atoms with Crippen LogP contribution in [0.1, 0.15) is 48.5 Å². The number of nitrogens with zero attached hydrogens (tertiary/aromatic N) is 2. The molecular formula is C20H24N2O5. The van der Waals surface area contributed by atoms with Crippen molar-refractivity contribution in [2.24, 2.45) is 0 Å². The Morgan fingerprint density at radius 2 is 1.74 bits per heavy atom. The number of fused-ring (bicyclic) bond motifs is 1. The Hall–Kier alpha value is -2.70. The Morgan fingerprint density at radius 1 is 1.07 bits per heavy atom. The normalized spacial score (nSPS) is 18.6. The number of carbonyl (C=O) groups is 4. The van der Waals surface area contributed by atoms with Gasteiger partial charge in [-0.05, 0) is 31.4 Å². The van der Waals surface area contributed by atoms with E-state index in [9.17, 15) is 19.2 Å². The quantitative estimate of drug-likeness (QED) is 0.591.